The van der Waals surface area contributed by atoms with Crippen LogP contribution in [-0.2, 0) is 4.79 Å². The van der Waals surface area contributed by atoms with Crippen LogP contribution in [0.2, 0.25) is 0 Å². The topological polar surface area (TPSA) is 60.8 Å². The van der Waals surface area contributed by atoms with Gasteiger partial charge in [-0.05, 0) is 99.8 Å². The van der Waals surface area contributed by atoms with E-state index in [2.05, 4.69) is 39.6 Å². The molecule has 5 rings (SSSR count). The molecule has 5 aliphatic rings. The fraction of sp³-hybridized carbons (Fsp3) is 0.893. The zero-order valence-corrected chi connectivity index (χ0v) is 20.9. The molecule has 32 heavy (non-hydrogen) atoms. The third-order valence-electron chi connectivity index (χ3n) is 11.1. The number of hydrogen-bond acceptors (Lipinski definition) is 4. The first-order valence-electron chi connectivity index (χ1n) is 13.4. The van der Waals surface area contributed by atoms with E-state index < -0.39 is 0 Å². The molecule has 0 spiro atoms. The van der Waals surface area contributed by atoms with Gasteiger partial charge in [0.15, 0.2) is 0 Å². The number of rotatable bonds is 2. The Labute approximate surface area is 194 Å². The van der Waals surface area contributed by atoms with Gasteiger partial charge in [0.2, 0.25) is 0 Å². The summed E-state index contributed by atoms with van der Waals surface area (Å²) in [6, 6.07) is 0.246. The van der Waals surface area contributed by atoms with Crippen molar-refractivity contribution in [2.75, 3.05) is 13.6 Å². The smallest absolute Gasteiger partial charge is 0.136 e. The van der Waals surface area contributed by atoms with Gasteiger partial charge in [-0.1, -0.05) is 31.9 Å². The number of hydrogen-bond donors (Lipinski definition) is 2. The molecule has 180 valence electrons. The monoisotopic (exact) mass is 443 g/mol. The Bertz CT molecular complexity index is 780. The summed E-state index contributed by atoms with van der Waals surface area (Å²) in [6.07, 6.45) is 7.26. The highest BCUT2D eigenvalue weighted by atomic mass is 16.3. The van der Waals surface area contributed by atoms with E-state index in [1.165, 1.54) is 19.3 Å². The minimum Gasteiger partial charge on any atom is -0.393 e. The number of ketones is 1. The van der Waals surface area contributed by atoms with Crippen molar-refractivity contribution in [1.82, 2.24) is 4.90 Å². The lowest BCUT2D eigenvalue weighted by Crippen LogP contribution is -2.54. The standard InChI is InChI=1S/C28H45NO3/c1-15-10-26(32)27(29(5)14-15)17(3)19-6-7-20-21(16(19)2)12-23-22(20)13-25(31)24-11-18(30)8-9-28(23,24)4/h15,17-20,22-24,26-27,30,32H,6-14H2,1-5H3/t15-,17+,18+,19+,20-,22+,23+,24-,26-,27+,28-/m1/s1. The Balaban J connectivity index is 1.41. The molecule has 4 heteroatoms. The van der Waals surface area contributed by atoms with Crippen LogP contribution in [0.1, 0.15) is 79.1 Å². The fourth-order valence-corrected chi connectivity index (χ4v) is 9.55. The van der Waals surface area contributed by atoms with Crippen LogP contribution in [0.5, 0.6) is 0 Å². The summed E-state index contributed by atoms with van der Waals surface area (Å²) >= 11 is 0. The second-order valence-electron chi connectivity index (χ2n) is 12.8. The zero-order chi connectivity index (χ0) is 22.9. The first-order chi connectivity index (χ1) is 15.1. The van der Waals surface area contributed by atoms with E-state index in [0.29, 0.717) is 47.7 Å². The van der Waals surface area contributed by atoms with E-state index in [4.69, 9.17) is 0 Å². The minimum absolute atomic E-state index is 0.0660. The molecule has 2 N–H and O–H groups in total. The van der Waals surface area contributed by atoms with E-state index in [-0.39, 0.29) is 29.6 Å². The summed E-state index contributed by atoms with van der Waals surface area (Å²) in [6.45, 7) is 10.5. The van der Waals surface area contributed by atoms with E-state index in [1.807, 2.05) is 0 Å². The second kappa shape index (κ2) is 8.20. The first-order valence-corrected chi connectivity index (χ1v) is 13.4. The molecule has 0 aromatic carbocycles. The van der Waals surface area contributed by atoms with Gasteiger partial charge in [-0.15, -0.1) is 0 Å². The molecule has 4 nitrogen and oxygen atoms in total. The van der Waals surface area contributed by atoms with Crippen LogP contribution < -0.4 is 0 Å². The Morgan fingerprint density at radius 1 is 1.12 bits per heavy atom. The molecular weight excluding hydrogens is 398 g/mol. The molecule has 11 atom stereocenters. The minimum atomic E-state index is -0.287. The summed E-state index contributed by atoms with van der Waals surface area (Å²) in [4.78, 5) is 15.6. The van der Waals surface area contributed by atoms with Crippen LogP contribution in [0.25, 0.3) is 0 Å². The zero-order valence-electron chi connectivity index (χ0n) is 20.9. The average Bonchev–Trinajstić information content (AvgIpc) is 3.09. The number of fused-ring (bicyclic) bond motifs is 5. The number of allylic oxidation sites excluding steroid dienone is 2. The highest BCUT2D eigenvalue weighted by Crippen LogP contribution is 2.64. The summed E-state index contributed by atoms with van der Waals surface area (Å²) < 4.78 is 0. The Hall–Kier alpha value is -0.710. The van der Waals surface area contributed by atoms with Gasteiger partial charge in [-0.3, -0.25) is 4.79 Å². The van der Waals surface area contributed by atoms with Crippen molar-refractivity contribution in [1.29, 1.82) is 0 Å². The van der Waals surface area contributed by atoms with Crippen LogP contribution in [0, 0.1) is 46.8 Å². The van der Waals surface area contributed by atoms with Crippen LogP contribution in [0.3, 0.4) is 0 Å². The van der Waals surface area contributed by atoms with Crippen molar-refractivity contribution in [2.24, 2.45) is 46.8 Å². The molecule has 0 amide bonds. The maximum absolute atomic E-state index is 13.2. The number of aliphatic hydroxyl groups is 2. The highest BCUT2D eigenvalue weighted by molar-refractivity contribution is 5.83. The number of likely N-dealkylation sites (tertiary alicyclic amines) is 1. The molecule has 0 radical (unpaired) electrons. The van der Waals surface area contributed by atoms with Gasteiger partial charge in [0, 0.05) is 24.9 Å². The van der Waals surface area contributed by atoms with Gasteiger partial charge in [-0.25, -0.2) is 0 Å². The van der Waals surface area contributed by atoms with Gasteiger partial charge >= 0.3 is 0 Å². The number of carbonyl (C=O) groups is 1. The number of aliphatic hydroxyl groups excluding tert-OH is 2. The van der Waals surface area contributed by atoms with Crippen LogP contribution in [0.4, 0.5) is 0 Å². The first kappa shape index (κ1) is 23.1. The van der Waals surface area contributed by atoms with Crippen LogP contribution >= 0.6 is 0 Å². The van der Waals surface area contributed by atoms with E-state index in [1.54, 1.807) is 11.1 Å². The van der Waals surface area contributed by atoms with Crippen molar-refractivity contribution in [2.45, 2.75) is 97.3 Å². The lowest BCUT2D eigenvalue weighted by atomic mass is 9.51. The molecule has 4 fully saturated rings. The quantitative estimate of drug-likeness (QED) is 0.620. The number of nitrogens with zero attached hydrogens (tertiary/aromatic N) is 1. The fourth-order valence-electron chi connectivity index (χ4n) is 9.55. The maximum atomic E-state index is 13.2. The SMILES string of the molecule is CC1=C2C[C@H]3[C@@H](CC(=O)[C@H]4C[C@@H](O)CC[C@@]43C)[C@@H]2CC[C@@H]1[C@H](C)[C@H]1[C@H](O)C[C@@H](C)CN1C. The molecule has 4 aliphatic carbocycles. The predicted molar refractivity (Wildman–Crippen MR) is 127 cm³/mol. The predicted octanol–water partition coefficient (Wildman–Crippen LogP) is 4.44. The molecule has 0 aromatic heterocycles. The number of likely N-dealkylation sites (N-methyl/N-ethyl adjacent to an activating group) is 1. The van der Waals surface area contributed by atoms with Gasteiger partial charge in [0.25, 0.3) is 0 Å². The molecular formula is C28H45NO3. The Kier molecular flexibility index (Phi) is 5.91. The molecule has 3 saturated carbocycles. The van der Waals surface area contributed by atoms with Crippen molar-refractivity contribution in [3.8, 4) is 0 Å². The number of carbonyl (C=O) groups excluding carboxylic acids is 1. The van der Waals surface area contributed by atoms with E-state index >= 15 is 0 Å². The largest absolute Gasteiger partial charge is 0.393 e. The van der Waals surface area contributed by atoms with Gasteiger partial charge < -0.3 is 15.1 Å². The maximum Gasteiger partial charge on any atom is 0.136 e. The highest BCUT2D eigenvalue weighted by Gasteiger charge is 2.59. The third-order valence-corrected chi connectivity index (χ3v) is 11.1. The average molecular weight is 444 g/mol. The molecule has 0 bridgehead atoms. The van der Waals surface area contributed by atoms with E-state index in [9.17, 15) is 15.0 Å². The number of piperidine rings is 1. The molecule has 1 saturated heterocycles. The van der Waals surface area contributed by atoms with Crippen LogP contribution in [0.15, 0.2) is 11.1 Å². The Morgan fingerprint density at radius 2 is 1.88 bits per heavy atom. The van der Waals surface area contributed by atoms with Crippen molar-refractivity contribution in [3.63, 3.8) is 0 Å². The number of Topliss-reactive ketones (excluding diaryl/α,β-unsaturated/α-hetero) is 1. The molecule has 1 aliphatic heterocycles. The molecule has 0 unspecified atom stereocenters. The molecule has 0 aromatic rings. The lowest BCUT2D eigenvalue weighted by molar-refractivity contribution is -0.145. The van der Waals surface area contributed by atoms with E-state index in [0.717, 1.165) is 32.2 Å². The van der Waals surface area contributed by atoms with Crippen molar-refractivity contribution < 1.29 is 15.0 Å². The van der Waals surface area contributed by atoms with Gasteiger partial charge in [0.05, 0.1) is 12.2 Å². The molecule has 1 heterocycles. The Morgan fingerprint density at radius 3 is 2.59 bits per heavy atom. The van der Waals surface area contributed by atoms with Crippen LogP contribution in [-0.4, -0.2) is 52.7 Å². The lowest BCUT2D eigenvalue weighted by Gasteiger charge is -2.52. The normalized spacial score (nSPS) is 50.6. The van der Waals surface area contributed by atoms with Crippen molar-refractivity contribution >= 4 is 5.78 Å². The summed E-state index contributed by atoms with van der Waals surface area (Å²) in [5.41, 5.74) is 3.33. The summed E-state index contributed by atoms with van der Waals surface area (Å²) in [5.74, 6) is 3.77. The summed E-state index contributed by atoms with van der Waals surface area (Å²) in [5, 5.41) is 21.2. The van der Waals surface area contributed by atoms with Gasteiger partial charge in [0.1, 0.15) is 5.78 Å². The van der Waals surface area contributed by atoms with Crippen molar-refractivity contribution in [3.05, 3.63) is 11.1 Å². The van der Waals surface area contributed by atoms with Gasteiger partial charge in [-0.2, -0.15) is 0 Å². The third kappa shape index (κ3) is 3.46. The summed E-state index contributed by atoms with van der Waals surface area (Å²) in [7, 11) is 2.20. The second-order valence-corrected chi connectivity index (χ2v) is 12.8.